The normalized spacial score (nSPS) is 20.8. The summed E-state index contributed by atoms with van der Waals surface area (Å²) in [7, 11) is 0. The average Bonchev–Trinajstić information content (AvgIpc) is 3.21. The Balaban J connectivity index is 1.82. The largest absolute Gasteiger partial charge is 0.294 e. The Morgan fingerprint density at radius 2 is 1.75 bits per heavy atom. The van der Waals surface area contributed by atoms with E-state index < -0.39 is 0 Å². The molecule has 0 bridgehead atoms. The molecule has 1 aliphatic carbocycles. The number of hydrogen-bond acceptors (Lipinski definition) is 1. The van der Waals surface area contributed by atoms with Gasteiger partial charge < -0.3 is 0 Å². The quantitative estimate of drug-likeness (QED) is 0.740. The summed E-state index contributed by atoms with van der Waals surface area (Å²) >= 11 is 0. The molecular weight excluding hydrogens is 244 g/mol. The second kappa shape index (κ2) is 4.90. The Morgan fingerprint density at radius 1 is 1.00 bits per heavy atom. The number of carbonyl (C=O) groups is 1. The van der Waals surface area contributed by atoms with Gasteiger partial charge in [-0.1, -0.05) is 47.5 Å². The highest BCUT2D eigenvalue weighted by Gasteiger charge is 2.44. The van der Waals surface area contributed by atoms with Gasteiger partial charge in [0.2, 0.25) is 0 Å². The van der Waals surface area contributed by atoms with Crippen LogP contribution >= 0.6 is 0 Å². The van der Waals surface area contributed by atoms with Gasteiger partial charge in [0, 0.05) is 11.5 Å². The summed E-state index contributed by atoms with van der Waals surface area (Å²) in [6.07, 6.45) is 0.996. The Hall–Kier alpha value is -1.89. The summed E-state index contributed by atoms with van der Waals surface area (Å²) in [6.45, 7) is 6.17. The standard InChI is InChI=1S/C19H20O/c1-12-5-4-6-15(9-12)17-11-18(17)19(20)16-10-13(2)7-8-14(16)3/h4-10,17-18H,11H2,1-3H3. The molecule has 0 radical (unpaired) electrons. The molecule has 2 aromatic rings. The molecule has 2 atom stereocenters. The molecule has 20 heavy (non-hydrogen) atoms. The molecule has 1 nitrogen and oxygen atoms in total. The SMILES string of the molecule is Cc1cccc(C2CC2C(=O)c2cc(C)ccc2C)c1. The summed E-state index contributed by atoms with van der Waals surface area (Å²) in [5, 5.41) is 0. The van der Waals surface area contributed by atoms with Gasteiger partial charge in [-0.3, -0.25) is 4.79 Å². The molecule has 0 heterocycles. The van der Waals surface area contributed by atoms with E-state index >= 15 is 0 Å². The maximum Gasteiger partial charge on any atom is 0.166 e. The molecule has 1 saturated carbocycles. The minimum atomic E-state index is 0.178. The number of aryl methyl sites for hydroxylation is 3. The van der Waals surface area contributed by atoms with Gasteiger partial charge in [-0.15, -0.1) is 0 Å². The van der Waals surface area contributed by atoms with Crippen molar-refractivity contribution >= 4 is 5.78 Å². The minimum absolute atomic E-state index is 0.178. The number of hydrogen-bond donors (Lipinski definition) is 0. The number of rotatable bonds is 3. The Bertz CT molecular complexity index is 669. The highest BCUT2D eigenvalue weighted by atomic mass is 16.1. The molecule has 0 aromatic heterocycles. The zero-order chi connectivity index (χ0) is 14.3. The number of ketones is 1. The van der Waals surface area contributed by atoms with Crippen LogP contribution in [0.25, 0.3) is 0 Å². The molecule has 0 aliphatic heterocycles. The van der Waals surface area contributed by atoms with Crippen molar-refractivity contribution in [1.29, 1.82) is 0 Å². The van der Waals surface area contributed by atoms with Crippen molar-refractivity contribution in [3.05, 3.63) is 70.3 Å². The molecule has 102 valence electrons. The lowest BCUT2D eigenvalue weighted by atomic mass is 9.97. The van der Waals surface area contributed by atoms with E-state index in [0.717, 1.165) is 23.1 Å². The first-order chi connectivity index (χ1) is 9.56. The van der Waals surface area contributed by atoms with Crippen LogP contribution in [-0.4, -0.2) is 5.78 Å². The summed E-state index contributed by atoms with van der Waals surface area (Å²) in [6, 6.07) is 14.7. The summed E-state index contributed by atoms with van der Waals surface area (Å²) in [4.78, 5) is 12.6. The highest BCUT2D eigenvalue weighted by molar-refractivity contribution is 6.01. The van der Waals surface area contributed by atoms with Crippen LogP contribution in [0.1, 0.15) is 45.0 Å². The monoisotopic (exact) mass is 264 g/mol. The zero-order valence-electron chi connectivity index (χ0n) is 12.3. The number of carbonyl (C=O) groups excluding carboxylic acids is 1. The Morgan fingerprint density at radius 3 is 2.50 bits per heavy atom. The van der Waals surface area contributed by atoms with Crippen molar-refractivity contribution in [2.45, 2.75) is 33.1 Å². The van der Waals surface area contributed by atoms with E-state index in [4.69, 9.17) is 0 Å². The first kappa shape index (κ1) is 13.1. The van der Waals surface area contributed by atoms with E-state index in [1.165, 1.54) is 11.1 Å². The summed E-state index contributed by atoms with van der Waals surface area (Å²) < 4.78 is 0. The fourth-order valence-electron chi connectivity index (χ4n) is 2.95. The lowest BCUT2D eigenvalue weighted by Gasteiger charge is -2.06. The zero-order valence-corrected chi connectivity index (χ0v) is 12.3. The van der Waals surface area contributed by atoms with E-state index in [1.807, 2.05) is 26.0 Å². The number of Topliss-reactive ketones (excluding diaryl/α,β-unsaturated/α-hetero) is 1. The molecular formula is C19H20O. The fraction of sp³-hybridized carbons (Fsp3) is 0.316. The van der Waals surface area contributed by atoms with Crippen LogP contribution in [0, 0.1) is 26.7 Å². The van der Waals surface area contributed by atoms with Gasteiger partial charge in [0.15, 0.2) is 5.78 Å². The average molecular weight is 264 g/mol. The summed E-state index contributed by atoms with van der Waals surface area (Å²) in [5.41, 5.74) is 5.74. The molecule has 2 aromatic carbocycles. The molecule has 2 unspecified atom stereocenters. The Kier molecular flexibility index (Phi) is 3.21. The lowest BCUT2D eigenvalue weighted by molar-refractivity contribution is 0.0964. The molecule has 1 heteroatoms. The highest BCUT2D eigenvalue weighted by Crippen LogP contribution is 2.49. The van der Waals surface area contributed by atoms with E-state index in [0.29, 0.717) is 11.7 Å². The Labute approximate surface area is 120 Å². The van der Waals surface area contributed by atoms with Gasteiger partial charge in [0.05, 0.1) is 0 Å². The van der Waals surface area contributed by atoms with Crippen LogP contribution in [0.4, 0.5) is 0 Å². The predicted molar refractivity (Wildman–Crippen MR) is 82.3 cm³/mol. The van der Waals surface area contributed by atoms with Crippen LogP contribution < -0.4 is 0 Å². The van der Waals surface area contributed by atoms with Gasteiger partial charge in [-0.05, 0) is 50.3 Å². The molecule has 0 spiro atoms. The molecule has 0 amide bonds. The second-order valence-electron chi connectivity index (χ2n) is 6.05. The predicted octanol–water partition coefficient (Wildman–Crippen LogP) is 4.60. The van der Waals surface area contributed by atoms with Crippen molar-refractivity contribution < 1.29 is 4.79 Å². The van der Waals surface area contributed by atoms with E-state index in [-0.39, 0.29) is 5.92 Å². The van der Waals surface area contributed by atoms with Crippen molar-refractivity contribution in [2.24, 2.45) is 5.92 Å². The van der Waals surface area contributed by atoms with Gasteiger partial charge in [0.1, 0.15) is 0 Å². The fourth-order valence-corrected chi connectivity index (χ4v) is 2.95. The van der Waals surface area contributed by atoms with Gasteiger partial charge in [-0.25, -0.2) is 0 Å². The van der Waals surface area contributed by atoms with Crippen molar-refractivity contribution in [3.8, 4) is 0 Å². The van der Waals surface area contributed by atoms with Crippen LogP contribution in [0.15, 0.2) is 42.5 Å². The van der Waals surface area contributed by atoms with Crippen molar-refractivity contribution in [2.75, 3.05) is 0 Å². The molecule has 3 rings (SSSR count). The van der Waals surface area contributed by atoms with E-state index in [9.17, 15) is 4.79 Å². The maximum absolute atomic E-state index is 12.6. The van der Waals surface area contributed by atoms with Gasteiger partial charge in [0.25, 0.3) is 0 Å². The third kappa shape index (κ3) is 2.40. The van der Waals surface area contributed by atoms with E-state index in [2.05, 4.69) is 37.3 Å². The first-order valence-electron chi connectivity index (χ1n) is 7.24. The van der Waals surface area contributed by atoms with Crippen molar-refractivity contribution in [1.82, 2.24) is 0 Å². The lowest BCUT2D eigenvalue weighted by Crippen LogP contribution is -2.06. The minimum Gasteiger partial charge on any atom is -0.294 e. The van der Waals surface area contributed by atoms with Crippen LogP contribution in [0.2, 0.25) is 0 Å². The third-order valence-electron chi connectivity index (χ3n) is 4.26. The molecule has 1 aliphatic rings. The molecule has 1 fully saturated rings. The summed E-state index contributed by atoms with van der Waals surface area (Å²) in [5.74, 6) is 0.914. The van der Waals surface area contributed by atoms with Crippen LogP contribution in [0.3, 0.4) is 0 Å². The van der Waals surface area contributed by atoms with Gasteiger partial charge in [-0.2, -0.15) is 0 Å². The second-order valence-corrected chi connectivity index (χ2v) is 6.05. The first-order valence-corrected chi connectivity index (χ1v) is 7.24. The molecule has 0 saturated heterocycles. The molecule has 0 N–H and O–H groups in total. The third-order valence-corrected chi connectivity index (χ3v) is 4.26. The topological polar surface area (TPSA) is 17.1 Å². The maximum atomic E-state index is 12.6. The van der Waals surface area contributed by atoms with Crippen LogP contribution in [-0.2, 0) is 0 Å². The van der Waals surface area contributed by atoms with Gasteiger partial charge >= 0.3 is 0 Å². The van der Waals surface area contributed by atoms with Crippen LogP contribution in [0.5, 0.6) is 0 Å². The van der Waals surface area contributed by atoms with Crippen molar-refractivity contribution in [3.63, 3.8) is 0 Å². The smallest absolute Gasteiger partial charge is 0.166 e. The van der Waals surface area contributed by atoms with E-state index in [1.54, 1.807) is 0 Å². The number of benzene rings is 2.